The van der Waals surface area contributed by atoms with Gasteiger partial charge in [0, 0.05) is 17.9 Å². The molecule has 0 bridgehead atoms. The van der Waals surface area contributed by atoms with Crippen molar-refractivity contribution < 1.29 is 33.9 Å². The first-order valence-corrected chi connectivity index (χ1v) is 15.7. The third-order valence-electron chi connectivity index (χ3n) is 9.33. The number of oxime groups is 1. The van der Waals surface area contributed by atoms with Crippen molar-refractivity contribution in [1.29, 1.82) is 0 Å². The highest BCUT2D eigenvalue weighted by molar-refractivity contribution is 6.02. The van der Waals surface area contributed by atoms with E-state index < -0.39 is 58.9 Å². The SMILES string of the molecule is C=C[C@@H]1C[C@@]1(NC(=O)[C@@H]1C[C@@H](O/N=C2\CCCc3ccccc32)CN1C(=O)[C@@H](NC(=O)OC1CCCC1)C(C)(C)C)C(=O)O. The Hall–Kier alpha value is -3.89. The Labute approximate surface area is 258 Å². The fraction of sp³-hybridized carbons (Fsp3) is 0.606. The summed E-state index contributed by atoms with van der Waals surface area (Å²) in [6.45, 7) is 9.23. The van der Waals surface area contributed by atoms with Crippen LogP contribution in [0.3, 0.4) is 0 Å². The number of hydrogen-bond acceptors (Lipinski definition) is 7. The molecule has 3 N–H and O–H groups in total. The van der Waals surface area contributed by atoms with Gasteiger partial charge in [-0.1, -0.05) is 56.3 Å². The minimum atomic E-state index is -1.45. The van der Waals surface area contributed by atoms with Crippen molar-refractivity contribution in [3.8, 4) is 0 Å². The van der Waals surface area contributed by atoms with Gasteiger partial charge in [0.25, 0.3) is 0 Å². The molecule has 0 unspecified atom stereocenters. The van der Waals surface area contributed by atoms with Crippen molar-refractivity contribution in [2.45, 2.75) is 108 Å². The van der Waals surface area contributed by atoms with Crippen molar-refractivity contribution in [2.24, 2.45) is 16.5 Å². The number of aliphatic carboxylic acids is 1. The lowest BCUT2D eigenvalue weighted by Crippen LogP contribution is -2.59. The summed E-state index contributed by atoms with van der Waals surface area (Å²) >= 11 is 0. The molecule has 0 radical (unpaired) electrons. The van der Waals surface area contributed by atoms with E-state index in [-0.39, 0.29) is 25.5 Å². The highest BCUT2D eigenvalue weighted by atomic mass is 16.6. The van der Waals surface area contributed by atoms with E-state index in [0.29, 0.717) is 0 Å². The lowest BCUT2D eigenvalue weighted by molar-refractivity contribution is -0.146. The van der Waals surface area contributed by atoms with E-state index in [0.717, 1.165) is 56.2 Å². The number of carbonyl (C=O) groups excluding carboxylic acids is 3. The zero-order valence-corrected chi connectivity index (χ0v) is 25.8. The molecule has 1 saturated heterocycles. The first-order valence-electron chi connectivity index (χ1n) is 15.7. The Morgan fingerprint density at radius 3 is 2.50 bits per heavy atom. The van der Waals surface area contributed by atoms with Gasteiger partial charge >= 0.3 is 12.1 Å². The number of fused-ring (bicyclic) bond motifs is 1. The number of carbonyl (C=O) groups is 4. The number of rotatable bonds is 9. The number of likely N-dealkylation sites (tertiary alicyclic amines) is 1. The smallest absolute Gasteiger partial charge is 0.408 e. The largest absolute Gasteiger partial charge is 0.479 e. The van der Waals surface area contributed by atoms with Gasteiger partial charge in [0.15, 0.2) is 0 Å². The van der Waals surface area contributed by atoms with E-state index in [1.54, 1.807) is 0 Å². The van der Waals surface area contributed by atoms with Gasteiger partial charge in [-0.25, -0.2) is 9.59 Å². The lowest BCUT2D eigenvalue weighted by Gasteiger charge is -2.35. The maximum Gasteiger partial charge on any atom is 0.408 e. The van der Waals surface area contributed by atoms with Gasteiger partial charge in [-0.05, 0) is 62.3 Å². The van der Waals surface area contributed by atoms with E-state index in [4.69, 9.17) is 9.57 Å². The predicted molar refractivity (Wildman–Crippen MR) is 163 cm³/mol. The topological polar surface area (TPSA) is 147 Å². The average molecular weight is 609 g/mol. The van der Waals surface area contributed by atoms with Gasteiger partial charge in [-0.3, -0.25) is 9.59 Å². The van der Waals surface area contributed by atoms with Crippen LogP contribution in [0.1, 0.15) is 83.3 Å². The molecule has 3 amide bonds. The number of benzene rings is 1. The van der Waals surface area contributed by atoms with Gasteiger partial charge in [-0.2, -0.15) is 0 Å². The van der Waals surface area contributed by atoms with Crippen molar-refractivity contribution in [1.82, 2.24) is 15.5 Å². The first kappa shape index (κ1) is 31.5. The van der Waals surface area contributed by atoms with Crippen LogP contribution in [0, 0.1) is 11.3 Å². The van der Waals surface area contributed by atoms with Crippen LogP contribution in [0.15, 0.2) is 42.1 Å². The van der Waals surface area contributed by atoms with Crippen molar-refractivity contribution in [2.75, 3.05) is 6.54 Å². The van der Waals surface area contributed by atoms with E-state index in [9.17, 15) is 24.3 Å². The van der Waals surface area contributed by atoms with Crippen LogP contribution in [0.2, 0.25) is 0 Å². The number of ether oxygens (including phenoxy) is 1. The molecule has 5 rings (SSSR count). The molecule has 1 heterocycles. The maximum atomic E-state index is 14.2. The molecule has 11 nitrogen and oxygen atoms in total. The van der Waals surface area contributed by atoms with Crippen molar-refractivity contribution >= 4 is 29.6 Å². The molecular weight excluding hydrogens is 564 g/mol. The quantitative estimate of drug-likeness (QED) is 0.284. The first-order chi connectivity index (χ1) is 20.9. The molecule has 1 aromatic carbocycles. The fourth-order valence-electron chi connectivity index (χ4n) is 6.64. The second-order valence-electron chi connectivity index (χ2n) is 13.6. The minimum absolute atomic E-state index is 0.0479. The van der Waals surface area contributed by atoms with Gasteiger partial charge in [0.05, 0.1) is 12.3 Å². The number of carboxylic acids is 1. The number of amides is 3. The Bertz CT molecular complexity index is 1330. The van der Waals surface area contributed by atoms with E-state index in [2.05, 4.69) is 28.4 Å². The number of hydrogen-bond donors (Lipinski definition) is 3. The molecule has 2 saturated carbocycles. The normalized spacial score (nSPS) is 28.1. The summed E-state index contributed by atoms with van der Waals surface area (Å²) in [6, 6.07) is 6.02. The molecule has 238 valence electrons. The molecule has 1 aliphatic heterocycles. The number of carboxylic acid groups (broad SMARTS) is 1. The number of alkyl carbamates (subject to hydrolysis) is 1. The summed E-state index contributed by atoms with van der Waals surface area (Å²) in [5, 5.41) is 19.8. The Kier molecular flexibility index (Phi) is 9.04. The van der Waals surface area contributed by atoms with E-state index in [1.807, 2.05) is 39.0 Å². The van der Waals surface area contributed by atoms with Crippen molar-refractivity contribution in [3.63, 3.8) is 0 Å². The molecule has 44 heavy (non-hydrogen) atoms. The molecule has 11 heteroatoms. The molecule has 0 aromatic heterocycles. The highest BCUT2D eigenvalue weighted by Crippen LogP contribution is 2.45. The molecule has 5 atom stereocenters. The third-order valence-corrected chi connectivity index (χ3v) is 9.33. The summed E-state index contributed by atoms with van der Waals surface area (Å²) in [6.07, 6.45) is 6.62. The molecule has 0 spiro atoms. The number of aryl methyl sites for hydroxylation is 1. The second-order valence-corrected chi connectivity index (χ2v) is 13.6. The van der Waals surface area contributed by atoms with Crippen LogP contribution in [0.25, 0.3) is 0 Å². The summed E-state index contributed by atoms with van der Waals surface area (Å²) in [5.74, 6) is -2.62. The predicted octanol–water partition coefficient (Wildman–Crippen LogP) is 3.94. The van der Waals surface area contributed by atoms with Crippen LogP contribution < -0.4 is 10.6 Å². The second kappa shape index (κ2) is 12.6. The number of nitrogens with zero attached hydrogens (tertiary/aromatic N) is 2. The summed E-state index contributed by atoms with van der Waals surface area (Å²) in [4.78, 5) is 60.3. The van der Waals surface area contributed by atoms with Gasteiger partial charge < -0.3 is 30.2 Å². The zero-order chi connectivity index (χ0) is 31.6. The fourth-order valence-corrected chi connectivity index (χ4v) is 6.64. The van der Waals surface area contributed by atoms with Crippen LogP contribution in [-0.2, 0) is 30.4 Å². The van der Waals surface area contributed by atoms with Crippen LogP contribution in [0.4, 0.5) is 4.79 Å². The number of nitrogens with one attached hydrogen (secondary N) is 2. The standard InChI is InChI=1S/C33H44N4O7/c1-5-21-18-33(21,30(40)41)35-28(38)26-17-23(44-36-25-16-10-12-20-11-6-9-15-24(20)25)19-37(26)29(39)27(32(2,3)4)34-31(42)43-22-13-7-8-14-22/h5-6,9,11,15,21-23,26-27H,1,7-8,10,12-14,16-19H2,2-4H3,(H,34,42)(H,35,38)(H,40,41)/b36-25+/t21-,23-,26+,27-,33+/m1/s1. The van der Waals surface area contributed by atoms with Gasteiger partial charge in [-0.15, -0.1) is 6.58 Å². The third kappa shape index (κ3) is 6.61. The van der Waals surface area contributed by atoms with E-state index in [1.165, 1.54) is 16.5 Å². The van der Waals surface area contributed by atoms with Gasteiger partial charge in [0.1, 0.15) is 29.8 Å². The van der Waals surface area contributed by atoms with Crippen LogP contribution >= 0.6 is 0 Å². The van der Waals surface area contributed by atoms with E-state index >= 15 is 0 Å². The molecule has 4 aliphatic rings. The van der Waals surface area contributed by atoms with Crippen molar-refractivity contribution in [3.05, 3.63) is 48.0 Å². The van der Waals surface area contributed by atoms with Crippen LogP contribution in [0.5, 0.6) is 0 Å². The maximum absolute atomic E-state index is 14.2. The monoisotopic (exact) mass is 608 g/mol. The molecule has 1 aromatic rings. The summed E-state index contributed by atoms with van der Waals surface area (Å²) in [7, 11) is 0. The minimum Gasteiger partial charge on any atom is -0.479 e. The summed E-state index contributed by atoms with van der Waals surface area (Å²) < 4.78 is 5.59. The Balaban J connectivity index is 1.37. The summed E-state index contributed by atoms with van der Waals surface area (Å²) in [5.41, 5.74) is 0.878. The highest BCUT2D eigenvalue weighted by Gasteiger charge is 2.61. The van der Waals surface area contributed by atoms with Gasteiger partial charge in [0.2, 0.25) is 11.8 Å². The Morgan fingerprint density at radius 1 is 1.11 bits per heavy atom. The molecular formula is C33H44N4O7. The average Bonchev–Trinajstić information content (AvgIpc) is 3.27. The lowest BCUT2D eigenvalue weighted by atomic mass is 9.85. The zero-order valence-electron chi connectivity index (χ0n) is 25.8. The molecule has 3 aliphatic carbocycles. The molecule has 3 fully saturated rings. The van der Waals surface area contributed by atoms with Crippen LogP contribution in [-0.4, -0.2) is 76.0 Å². The Morgan fingerprint density at radius 2 is 1.84 bits per heavy atom.